The Morgan fingerprint density at radius 2 is 1.73 bits per heavy atom. The van der Waals surface area contributed by atoms with Gasteiger partial charge >= 0.3 is 6.03 Å². The smallest absolute Gasteiger partial charge is 0.317 e. The van der Waals surface area contributed by atoms with Crippen molar-refractivity contribution >= 4 is 17.8 Å². The number of urea groups is 1. The summed E-state index contributed by atoms with van der Waals surface area (Å²) < 4.78 is 0.0531. The van der Waals surface area contributed by atoms with E-state index in [-0.39, 0.29) is 21.6 Å². The number of carbonyl (C=O) groups excluding carboxylic acids is 1. The van der Waals surface area contributed by atoms with E-state index in [1.807, 2.05) is 11.8 Å². The van der Waals surface area contributed by atoms with Gasteiger partial charge in [-0.15, -0.1) is 0 Å². The lowest BCUT2D eigenvalue weighted by atomic mass is 9.61. The van der Waals surface area contributed by atoms with Gasteiger partial charge in [0, 0.05) is 36.3 Å². The third-order valence-corrected chi connectivity index (χ3v) is 9.40. The van der Waals surface area contributed by atoms with E-state index in [9.17, 15) is 4.79 Å². The molecule has 5 heteroatoms. The van der Waals surface area contributed by atoms with E-state index in [0.29, 0.717) is 5.92 Å². The maximum absolute atomic E-state index is 13.3. The molecule has 33 heavy (non-hydrogen) atoms. The first kappa shape index (κ1) is 26.4. The third-order valence-electron chi connectivity index (χ3n) is 8.17. The molecule has 3 rings (SSSR count). The van der Waals surface area contributed by atoms with Gasteiger partial charge in [-0.2, -0.15) is 11.8 Å². The number of thioether (sulfide) groups is 1. The fourth-order valence-electron chi connectivity index (χ4n) is 5.65. The van der Waals surface area contributed by atoms with E-state index in [4.69, 9.17) is 0 Å². The van der Waals surface area contributed by atoms with E-state index in [0.717, 1.165) is 39.0 Å². The number of carbonyl (C=O) groups is 1. The molecular formula is C28H47N3OS. The minimum atomic E-state index is 0.0531. The first-order valence-electron chi connectivity index (χ1n) is 12.8. The molecule has 2 amide bonds. The number of nitrogens with one attached hydrogen (secondary N) is 1. The van der Waals surface area contributed by atoms with Crippen molar-refractivity contribution in [2.24, 2.45) is 11.3 Å². The lowest BCUT2D eigenvalue weighted by molar-refractivity contribution is 0.0835. The average molecular weight is 474 g/mol. The molecule has 0 heterocycles. The zero-order chi connectivity index (χ0) is 24.1. The Bertz CT molecular complexity index is 752. The number of nitrogens with zero attached hydrogens (tertiary/aromatic N) is 2. The second kappa shape index (κ2) is 11.0. The van der Waals surface area contributed by atoms with Crippen molar-refractivity contribution in [3.05, 3.63) is 35.9 Å². The largest absolute Gasteiger partial charge is 0.338 e. The van der Waals surface area contributed by atoms with Crippen LogP contribution in [0.25, 0.3) is 0 Å². The highest BCUT2D eigenvalue weighted by molar-refractivity contribution is 7.99. The molecule has 1 aromatic rings. The van der Waals surface area contributed by atoms with Gasteiger partial charge in [0.25, 0.3) is 0 Å². The highest BCUT2D eigenvalue weighted by atomic mass is 32.2. The Morgan fingerprint density at radius 3 is 2.24 bits per heavy atom. The minimum absolute atomic E-state index is 0.0531. The number of benzene rings is 1. The second-order valence-corrected chi connectivity index (χ2v) is 13.5. The monoisotopic (exact) mass is 473 g/mol. The quantitative estimate of drug-likeness (QED) is 0.451. The number of hydrogen-bond acceptors (Lipinski definition) is 3. The maximum Gasteiger partial charge on any atom is 0.317 e. The summed E-state index contributed by atoms with van der Waals surface area (Å²) in [6.07, 6.45) is 10.7. The molecule has 2 saturated carbocycles. The van der Waals surface area contributed by atoms with Gasteiger partial charge in [0.1, 0.15) is 0 Å². The predicted octanol–water partition coefficient (Wildman–Crippen LogP) is 6.02. The fraction of sp³-hybridized carbons (Fsp3) is 0.750. The Kier molecular flexibility index (Phi) is 8.82. The molecule has 2 aliphatic rings. The average Bonchev–Trinajstić information content (AvgIpc) is 2.74. The minimum Gasteiger partial charge on any atom is -0.338 e. The molecule has 0 bridgehead atoms. The Balaban J connectivity index is 1.70. The SMILES string of the molecule is CSC(C)(C)CN(CC1(C)CCC(CN(C)C)(c2ccccc2)CC1)C(=O)NCC1CCC1. The van der Waals surface area contributed by atoms with Gasteiger partial charge in [0.15, 0.2) is 0 Å². The Morgan fingerprint density at radius 1 is 1.09 bits per heavy atom. The van der Waals surface area contributed by atoms with Crippen LogP contribution in [-0.4, -0.2) is 67.1 Å². The number of likely N-dealkylation sites (N-methyl/N-ethyl adjacent to an activating group) is 1. The molecular weight excluding hydrogens is 426 g/mol. The molecule has 0 spiro atoms. The summed E-state index contributed by atoms with van der Waals surface area (Å²) in [6.45, 7) is 10.5. The van der Waals surface area contributed by atoms with Crippen molar-refractivity contribution < 1.29 is 4.79 Å². The van der Waals surface area contributed by atoms with Crippen molar-refractivity contribution in [2.45, 2.75) is 75.9 Å². The van der Waals surface area contributed by atoms with E-state index in [1.165, 1.54) is 37.7 Å². The summed E-state index contributed by atoms with van der Waals surface area (Å²) in [5.41, 5.74) is 1.84. The van der Waals surface area contributed by atoms with Crippen LogP contribution in [0, 0.1) is 11.3 Å². The molecule has 0 saturated heterocycles. The first-order chi connectivity index (χ1) is 15.6. The normalized spacial score (nSPS) is 26.2. The van der Waals surface area contributed by atoms with Crippen LogP contribution in [0.5, 0.6) is 0 Å². The van der Waals surface area contributed by atoms with Gasteiger partial charge in [-0.3, -0.25) is 0 Å². The third kappa shape index (κ3) is 7.14. The zero-order valence-electron chi connectivity index (χ0n) is 22.0. The van der Waals surface area contributed by atoms with Gasteiger partial charge in [0.05, 0.1) is 0 Å². The van der Waals surface area contributed by atoms with Crippen LogP contribution >= 0.6 is 11.8 Å². The molecule has 0 aromatic heterocycles. The summed E-state index contributed by atoms with van der Waals surface area (Å²) in [5, 5.41) is 3.28. The lowest BCUT2D eigenvalue weighted by Crippen LogP contribution is -2.52. The summed E-state index contributed by atoms with van der Waals surface area (Å²) >= 11 is 1.85. The van der Waals surface area contributed by atoms with Crippen molar-refractivity contribution in [1.29, 1.82) is 0 Å². The van der Waals surface area contributed by atoms with Crippen molar-refractivity contribution in [3.63, 3.8) is 0 Å². The highest BCUT2D eigenvalue weighted by Gasteiger charge is 2.43. The molecule has 2 fully saturated rings. The lowest BCUT2D eigenvalue weighted by Gasteiger charge is -2.48. The van der Waals surface area contributed by atoms with E-state index in [1.54, 1.807) is 0 Å². The van der Waals surface area contributed by atoms with Crippen molar-refractivity contribution in [2.75, 3.05) is 46.5 Å². The first-order valence-corrected chi connectivity index (χ1v) is 14.1. The molecule has 4 nitrogen and oxygen atoms in total. The zero-order valence-corrected chi connectivity index (χ0v) is 22.8. The summed E-state index contributed by atoms with van der Waals surface area (Å²) in [7, 11) is 4.38. The van der Waals surface area contributed by atoms with Crippen molar-refractivity contribution in [1.82, 2.24) is 15.1 Å². The summed E-state index contributed by atoms with van der Waals surface area (Å²) in [6, 6.07) is 11.2. The van der Waals surface area contributed by atoms with Crippen LogP contribution in [0.15, 0.2) is 30.3 Å². The molecule has 186 valence electrons. The summed E-state index contributed by atoms with van der Waals surface area (Å²) in [5.74, 6) is 0.687. The Labute approximate surface area is 207 Å². The van der Waals surface area contributed by atoms with Crippen LogP contribution in [0.1, 0.15) is 71.3 Å². The molecule has 0 atom stereocenters. The van der Waals surface area contributed by atoms with Crippen LogP contribution in [0.4, 0.5) is 4.79 Å². The van der Waals surface area contributed by atoms with Gasteiger partial charge in [-0.25, -0.2) is 4.79 Å². The molecule has 2 aliphatic carbocycles. The van der Waals surface area contributed by atoms with Crippen molar-refractivity contribution in [3.8, 4) is 0 Å². The molecule has 0 aliphatic heterocycles. The second-order valence-electron chi connectivity index (χ2n) is 12.0. The number of hydrogen-bond donors (Lipinski definition) is 1. The maximum atomic E-state index is 13.3. The molecule has 0 unspecified atom stereocenters. The predicted molar refractivity (Wildman–Crippen MR) is 143 cm³/mol. The molecule has 1 N–H and O–H groups in total. The molecule has 1 aromatic carbocycles. The van der Waals surface area contributed by atoms with Gasteiger partial charge in [-0.05, 0) is 89.6 Å². The van der Waals surface area contributed by atoms with Crippen LogP contribution in [0.2, 0.25) is 0 Å². The highest BCUT2D eigenvalue weighted by Crippen LogP contribution is 2.47. The Hall–Kier alpha value is -1.20. The standard InChI is InChI=1S/C28H47N3OS/c1-26(2,33-6)20-31(25(32)29-19-23-11-10-12-23)21-27(3)15-17-28(18-16-27,22-30(4)5)24-13-8-7-9-14-24/h7-9,13-14,23H,10-12,15-22H2,1-6H3,(H,29,32). The topological polar surface area (TPSA) is 35.6 Å². The number of rotatable bonds is 10. The van der Waals surface area contributed by atoms with Crippen LogP contribution in [-0.2, 0) is 5.41 Å². The van der Waals surface area contributed by atoms with Crippen LogP contribution < -0.4 is 5.32 Å². The number of amides is 2. The summed E-state index contributed by atoms with van der Waals surface area (Å²) in [4.78, 5) is 17.8. The fourth-order valence-corrected chi connectivity index (χ4v) is 5.94. The van der Waals surface area contributed by atoms with Gasteiger partial charge in [-0.1, -0.05) is 43.7 Å². The van der Waals surface area contributed by atoms with E-state index >= 15 is 0 Å². The van der Waals surface area contributed by atoms with E-state index < -0.39 is 0 Å². The molecule has 0 radical (unpaired) electrons. The van der Waals surface area contributed by atoms with Gasteiger partial charge in [0.2, 0.25) is 0 Å². The van der Waals surface area contributed by atoms with Crippen LogP contribution in [0.3, 0.4) is 0 Å². The van der Waals surface area contributed by atoms with Gasteiger partial charge < -0.3 is 15.1 Å². The van der Waals surface area contributed by atoms with E-state index in [2.05, 4.69) is 86.6 Å².